The van der Waals surface area contributed by atoms with E-state index in [0.717, 1.165) is 51.1 Å². The van der Waals surface area contributed by atoms with Crippen LogP contribution in [0.15, 0.2) is 53.1 Å². The minimum atomic E-state index is 0.0702. The summed E-state index contributed by atoms with van der Waals surface area (Å²) in [5, 5.41) is 4.74. The van der Waals surface area contributed by atoms with Crippen LogP contribution in [0.4, 0.5) is 0 Å². The first-order valence-corrected chi connectivity index (χ1v) is 10.6. The van der Waals surface area contributed by atoms with Gasteiger partial charge < -0.3 is 9.42 Å². The van der Waals surface area contributed by atoms with Gasteiger partial charge in [-0.05, 0) is 44.2 Å². The van der Waals surface area contributed by atoms with E-state index in [2.05, 4.69) is 22.0 Å². The molecule has 1 amide bonds. The van der Waals surface area contributed by atoms with Gasteiger partial charge in [-0.25, -0.2) is 0 Å². The van der Waals surface area contributed by atoms with E-state index in [-0.39, 0.29) is 5.91 Å². The Bertz CT molecular complexity index is 977. The molecular formula is C23H25ClN4O2. The highest BCUT2D eigenvalue weighted by Gasteiger charge is 2.22. The van der Waals surface area contributed by atoms with Crippen LogP contribution in [0.1, 0.15) is 28.2 Å². The number of aromatic nitrogens is 2. The molecule has 0 spiro atoms. The number of aryl methyl sites for hydroxylation is 2. The Kier molecular flexibility index (Phi) is 6.45. The number of piperazine rings is 1. The quantitative estimate of drug-likeness (QED) is 0.596. The molecule has 0 saturated carbocycles. The Labute approximate surface area is 181 Å². The van der Waals surface area contributed by atoms with Crippen LogP contribution in [-0.4, -0.2) is 58.6 Å². The molecule has 1 aliphatic rings. The van der Waals surface area contributed by atoms with Crippen molar-refractivity contribution in [2.24, 2.45) is 0 Å². The Balaban J connectivity index is 1.21. The summed E-state index contributed by atoms with van der Waals surface area (Å²) < 4.78 is 5.40. The molecule has 0 bridgehead atoms. The smallest absolute Gasteiger partial charge is 0.253 e. The van der Waals surface area contributed by atoms with Crippen molar-refractivity contribution in [3.8, 4) is 11.4 Å². The number of amides is 1. The average Bonchev–Trinajstić information content (AvgIpc) is 3.24. The molecule has 0 radical (unpaired) electrons. The first-order chi connectivity index (χ1) is 14.6. The van der Waals surface area contributed by atoms with E-state index >= 15 is 0 Å². The molecule has 7 heteroatoms. The van der Waals surface area contributed by atoms with Crippen molar-refractivity contribution in [3.05, 3.63) is 70.6 Å². The third-order valence-electron chi connectivity index (χ3n) is 5.39. The first-order valence-electron chi connectivity index (χ1n) is 10.3. The normalized spacial score (nSPS) is 14.8. The molecule has 1 aliphatic heterocycles. The second-order valence-corrected chi connectivity index (χ2v) is 8.06. The van der Waals surface area contributed by atoms with Gasteiger partial charge in [-0.2, -0.15) is 4.98 Å². The Morgan fingerprint density at radius 3 is 2.43 bits per heavy atom. The number of hydrogen-bond donors (Lipinski definition) is 0. The molecule has 0 aliphatic carbocycles. The number of carbonyl (C=O) groups is 1. The molecule has 156 valence electrons. The summed E-state index contributed by atoms with van der Waals surface area (Å²) in [4.78, 5) is 21.4. The highest BCUT2D eigenvalue weighted by Crippen LogP contribution is 2.17. The van der Waals surface area contributed by atoms with Crippen LogP contribution in [0.2, 0.25) is 5.02 Å². The zero-order valence-corrected chi connectivity index (χ0v) is 17.8. The van der Waals surface area contributed by atoms with Gasteiger partial charge in [-0.1, -0.05) is 46.6 Å². The summed E-state index contributed by atoms with van der Waals surface area (Å²) in [7, 11) is 0. The largest absolute Gasteiger partial charge is 0.339 e. The zero-order chi connectivity index (χ0) is 20.9. The fraction of sp³-hybridized carbons (Fsp3) is 0.348. The van der Waals surface area contributed by atoms with Gasteiger partial charge in [-0.15, -0.1) is 0 Å². The number of halogens is 1. The number of rotatable bonds is 6. The molecule has 0 N–H and O–H groups in total. The van der Waals surface area contributed by atoms with E-state index in [0.29, 0.717) is 22.3 Å². The van der Waals surface area contributed by atoms with E-state index in [1.54, 1.807) is 24.3 Å². The maximum Gasteiger partial charge on any atom is 0.253 e. The molecule has 6 nitrogen and oxygen atoms in total. The average molecular weight is 425 g/mol. The van der Waals surface area contributed by atoms with Crippen LogP contribution in [-0.2, 0) is 6.42 Å². The Morgan fingerprint density at radius 1 is 1.03 bits per heavy atom. The maximum atomic E-state index is 12.6. The Hall–Kier alpha value is -2.70. The summed E-state index contributed by atoms with van der Waals surface area (Å²) >= 11 is 5.91. The predicted molar refractivity (Wildman–Crippen MR) is 117 cm³/mol. The molecule has 0 unspecified atom stereocenters. The molecule has 3 aromatic rings. The van der Waals surface area contributed by atoms with Crippen LogP contribution >= 0.6 is 11.6 Å². The predicted octanol–water partition coefficient (Wildman–Crippen LogP) is 4.09. The molecule has 4 rings (SSSR count). The lowest BCUT2D eigenvalue weighted by Gasteiger charge is -2.34. The fourth-order valence-corrected chi connectivity index (χ4v) is 3.71. The second kappa shape index (κ2) is 9.41. The topological polar surface area (TPSA) is 62.5 Å². The zero-order valence-electron chi connectivity index (χ0n) is 17.1. The van der Waals surface area contributed by atoms with E-state index in [9.17, 15) is 4.79 Å². The molecule has 1 aromatic heterocycles. The van der Waals surface area contributed by atoms with Crippen LogP contribution in [0, 0.1) is 6.92 Å². The molecule has 1 fully saturated rings. The highest BCUT2D eigenvalue weighted by atomic mass is 35.5. The van der Waals surface area contributed by atoms with Gasteiger partial charge in [0.1, 0.15) is 0 Å². The summed E-state index contributed by atoms with van der Waals surface area (Å²) in [6.07, 6.45) is 1.70. The lowest BCUT2D eigenvalue weighted by molar-refractivity contribution is 0.0635. The SMILES string of the molecule is Cc1ccc(-c2noc(CCCN3CCN(C(=O)c4ccc(Cl)cc4)CC3)n2)cc1. The van der Waals surface area contributed by atoms with E-state index in [1.807, 2.05) is 29.2 Å². The minimum Gasteiger partial charge on any atom is -0.339 e. The maximum absolute atomic E-state index is 12.6. The van der Waals surface area contributed by atoms with Gasteiger partial charge in [0.2, 0.25) is 11.7 Å². The fourth-order valence-electron chi connectivity index (χ4n) is 3.58. The van der Waals surface area contributed by atoms with Crippen molar-refractivity contribution in [2.75, 3.05) is 32.7 Å². The summed E-state index contributed by atoms with van der Waals surface area (Å²) in [5.74, 6) is 1.38. The molecule has 1 saturated heterocycles. The lowest BCUT2D eigenvalue weighted by atomic mass is 10.1. The number of nitrogens with zero attached hydrogens (tertiary/aromatic N) is 4. The van der Waals surface area contributed by atoms with Crippen LogP contribution < -0.4 is 0 Å². The molecular weight excluding hydrogens is 400 g/mol. The summed E-state index contributed by atoms with van der Waals surface area (Å²) in [5.41, 5.74) is 2.86. The van der Waals surface area contributed by atoms with Crippen molar-refractivity contribution in [1.29, 1.82) is 0 Å². The van der Waals surface area contributed by atoms with Crippen molar-refractivity contribution in [1.82, 2.24) is 19.9 Å². The standard InChI is InChI=1S/C23H25ClN4O2/c1-17-4-6-18(7-5-17)22-25-21(30-26-22)3-2-12-27-13-15-28(16-14-27)23(29)19-8-10-20(24)11-9-19/h4-11H,2-3,12-16H2,1H3. The lowest BCUT2D eigenvalue weighted by Crippen LogP contribution is -2.48. The van der Waals surface area contributed by atoms with Gasteiger partial charge in [0.05, 0.1) is 0 Å². The highest BCUT2D eigenvalue weighted by molar-refractivity contribution is 6.30. The van der Waals surface area contributed by atoms with Crippen molar-refractivity contribution in [2.45, 2.75) is 19.8 Å². The monoisotopic (exact) mass is 424 g/mol. The van der Waals surface area contributed by atoms with E-state index in [4.69, 9.17) is 16.1 Å². The number of benzene rings is 2. The van der Waals surface area contributed by atoms with Gasteiger partial charge in [0, 0.05) is 48.7 Å². The third-order valence-corrected chi connectivity index (χ3v) is 5.65. The van der Waals surface area contributed by atoms with Gasteiger partial charge in [0.15, 0.2) is 0 Å². The Morgan fingerprint density at radius 2 is 1.73 bits per heavy atom. The molecule has 2 heterocycles. The van der Waals surface area contributed by atoms with Gasteiger partial charge >= 0.3 is 0 Å². The first kappa shape index (κ1) is 20.6. The molecule has 2 aromatic carbocycles. The van der Waals surface area contributed by atoms with Gasteiger partial charge in [0.25, 0.3) is 5.91 Å². The van der Waals surface area contributed by atoms with Crippen molar-refractivity contribution < 1.29 is 9.32 Å². The third kappa shape index (κ3) is 5.07. The minimum absolute atomic E-state index is 0.0702. The summed E-state index contributed by atoms with van der Waals surface area (Å²) in [6.45, 7) is 6.22. The second-order valence-electron chi connectivity index (χ2n) is 7.62. The van der Waals surface area contributed by atoms with Crippen LogP contribution in [0.5, 0.6) is 0 Å². The molecule has 0 atom stereocenters. The number of carbonyl (C=O) groups excluding carboxylic acids is 1. The van der Waals surface area contributed by atoms with Crippen molar-refractivity contribution >= 4 is 17.5 Å². The van der Waals surface area contributed by atoms with E-state index < -0.39 is 0 Å². The number of hydrogen-bond acceptors (Lipinski definition) is 5. The molecule has 30 heavy (non-hydrogen) atoms. The van der Waals surface area contributed by atoms with Crippen LogP contribution in [0.25, 0.3) is 11.4 Å². The van der Waals surface area contributed by atoms with Gasteiger partial charge in [-0.3, -0.25) is 9.69 Å². The van der Waals surface area contributed by atoms with Crippen molar-refractivity contribution in [3.63, 3.8) is 0 Å². The van der Waals surface area contributed by atoms with E-state index in [1.165, 1.54) is 5.56 Å². The van der Waals surface area contributed by atoms with Crippen LogP contribution in [0.3, 0.4) is 0 Å². The summed E-state index contributed by atoms with van der Waals surface area (Å²) in [6, 6.07) is 15.2.